The summed E-state index contributed by atoms with van der Waals surface area (Å²) < 4.78 is 0. The molecule has 0 heterocycles. The topological polar surface area (TPSA) is 58.3 Å². The van der Waals surface area contributed by atoms with Crippen LogP contribution in [0.2, 0.25) is 0 Å². The summed E-state index contributed by atoms with van der Waals surface area (Å²) in [6.07, 6.45) is -0.451. The number of benzene rings is 1. The van der Waals surface area contributed by atoms with Crippen molar-refractivity contribution >= 4 is 0 Å². The van der Waals surface area contributed by atoms with Crippen LogP contribution in [0, 0.1) is 0 Å². The number of aliphatic hydroxyl groups excluding tert-OH is 1. The zero-order chi connectivity index (χ0) is 12.0. The van der Waals surface area contributed by atoms with Crippen LogP contribution >= 0.6 is 0 Å². The van der Waals surface area contributed by atoms with Crippen molar-refractivity contribution in [2.24, 2.45) is 5.73 Å². The lowest BCUT2D eigenvalue weighted by molar-refractivity contribution is 0.175. The molecule has 0 radical (unpaired) electrons. The molecule has 16 heavy (non-hydrogen) atoms. The highest BCUT2D eigenvalue weighted by atomic mass is 16.3. The summed E-state index contributed by atoms with van der Waals surface area (Å²) in [6, 6.07) is 8.13. The van der Waals surface area contributed by atoms with Crippen LogP contribution in [-0.4, -0.2) is 24.7 Å². The highest BCUT2D eigenvalue weighted by Gasteiger charge is 2.07. The van der Waals surface area contributed by atoms with Crippen molar-refractivity contribution in [3.8, 4) is 0 Å². The van der Waals surface area contributed by atoms with E-state index in [9.17, 15) is 5.11 Å². The normalized spacial score (nSPS) is 13.1. The second kappa shape index (κ2) is 6.63. The Kier molecular flexibility index (Phi) is 5.46. The van der Waals surface area contributed by atoms with Gasteiger partial charge in [0.15, 0.2) is 0 Å². The minimum Gasteiger partial charge on any atom is -0.387 e. The number of aliphatic hydroxyl groups is 1. The Morgan fingerprint density at radius 3 is 2.25 bits per heavy atom. The number of nitrogens with one attached hydrogen (secondary N) is 1. The third-order valence-corrected chi connectivity index (χ3v) is 2.65. The molecule has 0 aliphatic heterocycles. The smallest absolute Gasteiger partial charge is 0.0914 e. The molecule has 1 atom stereocenters. The first-order chi connectivity index (χ1) is 7.65. The first-order valence-electron chi connectivity index (χ1n) is 5.84. The zero-order valence-corrected chi connectivity index (χ0v) is 10.1. The molecule has 0 saturated heterocycles. The van der Waals surface area contributed by atoms with Gasteiger partial charge in [-0.05, 0) is 17.0 Å². The Balaban J connectivity index is 2.52. The van der Waals surface area contributed by atoms with Crippen molar-refractivity contribution in [1.82, 2.24) is 5.32 Å². The standard InChI is InChI=1S/C13H22N2O/c1-10(2)11-3-5-12(6-4-11)13(16)9-15-8-7-14/h3-6,10,13,15-16H,7-9,14H2,1-2H3. The van der Waals surface area contributed by atoms with Gasteiger partial charge in [-0.25, -0.2) is 0 Å². The quantitative estimate of drug-likeness (QED) is 0.638. The lowest BCUT2D eigenvalue weighted by Gasteiger charge is -2.13. The molecule has 3 heteroatoms. The van der Waals surface area contributed by atoms with Crippen LogP contribution in [0.4, 0.5) is 0 Å². The second-order valence-corrected chi connectivity index (χ2v) is 4.33. The van der Waals surface area contributed by atoms with Crippen molar-refractivity contribution in [1.29, 1.82) is 0 Å². The molecule has 0 aliphatic rings. The van der Waals surface area contributed by atoms with Gasteiger partial charge in [0.2, 0.25) is 0 Å². The van der Waals surface area contributed by atoms with Gasteiger partial charge in [-0.15, -0.1) is 0 Å². The summed E-state index contributed by atoms with van der Waals surface area (Å²) in [5.74, 6) is 0.529. The van der Waals surface area contributed by atoms with E-state index in [0.717, 1.165) is 12.1 Å². The highest BCUT2D eigenvalue weighted by Crippen LogP contribution is 2.18. The van der Waals surface area contributed by atoms with E-state index in [-0.39, 0.29) is 0 Å². The van der Waals surface area contributed by atoms with Crippen LogP contribution in [0.25, 0.3) is 0 Å². The van der Waals surface area contributed by atoms with Gasteiger partial charge in [0.1, 0.15) is 0 Å². The molecule has 1 unspecified atom stereocenters. The minimum absolute atomic E-state index is 0.451. The van der Waals surface area contributed by atoms with Crippen molar-refractivity contribution in [2.45, 2.75) is 25.9 Å². The molecule has 1 aromatic carbocycles. The predicted molar refractivity (Wildman–Crippen MR) is 67.4 cm³/mol. The molecule has 0 amide bonds. The third-order valence-electron chi connectivity index (χ3n) is 2.65. The monoisotopic (exact) mass is 222 g/mol. The summed E-state index contributed by atoms with van der Waals surface area (Å²) >= 11 is 0. The van der Waals surface area contributed by atoms with Crippen molar-refractivity contribution in [3.05, 3.63) is 35.4 Å². The van der Waals surface area contributed by atoms with Crippen LogP contribution in [0.3, 0.4) is 0 Å². The average Bonchev–Trinajstić information content (AvgIpc) is 2.29. The lowest BCUT2D eigenvalue weighted by atomic mass is 10.00. The summed E-state index contributed by atoms with van der Waals surface area (Å²) in [6.45, 7) is 6.21. The van der Waals surface area contributed by atoms with Gasteiger partial charge < -0.3 is 16.2 Å². The Morgan fingerprint density at radius 1 is 1.19 bits per heavy atom. The number of hydrogen-bond donors (Lipinski definition) is 3. The first-order valence-corrected chi connectivity index (χ1v) is 5.84. The maximum atomic E-state index is 9.87. The third kappa shape index (κ3) is 3.93. The molecule has 3 nitrogen and oxygen atoms in total. The molecule has 0 spiro atoms. The Morgan fingerprint density at radius 2 is 1.75 bits per heavy atom. The molecule has 4 N–H and O–H groups in total. The van der Waals surface area contributed by atoms with E-state index in [0.29, 0.717) is 19.0 Å². The summed E-state index contributed by atoms with van der Waals surface area (Å²) in [7, 11) is 0. The van der Waals surface area contributed by atoms with Gasteiger partial charge in [0.05, 0.1) is 6.10 Å². The fourth-order valence-electron chi connectivity index (χ4n) is 1.56. The van der Waals surface area contributed by atoms with Crippen molar-refractivity contribution in [2.75, 3.05) is 19.6 Å². The summed E-state index contributed by atoms with van der Waals surface area (Å²) in [4.78, 5) is 0. The maximum absolute atomic E-state index is 9.87. The molecular weight excluding hydrogens is 200 g/mol. The molecule has 0 aromatic heterocycles. The first kappa shape index (κ1) is 13.2. The van der Waals surface area contributed by atoms with Gasteiger partial charge >= 0.3 is 0 Å². The highest BCUT2D eigenvalue weighted by molar-refractivity contribution is 5.26. The van der Waals surface area contributed by atoms with E-state index >= 15 is 0 Å². The Hall–Kier alpha value is -0.900. The number of rotatable bonds is 6. The van der Waals surface area contributed by atoms with Gasteiger partial charge in [-0.3, -0.25) is 0 Å². The van der Waals surface area contributed by atoms with Crippen LogP contribution in [0.15, 0.2) is 24.3 Å². The van der Waals surface area contributed by atoms with Gasteiger partial charge in [-0.2, -0.15) is 0 Å². The molecule has 1 aromatic rings. The maximum Gasteiger partial charge on any atom is 0.0914 e. The fourth-order valence-corrected chi connectivity index (χ4v) is 1.56. The minimum atomic E-state index is -0.451. The van der Waals surface area contributed by atoms with E-state index in [4.69, 9.17) is 5.73 Å². The van der Waals surface area contributed by atoms with E-state index in [1.165, 1.54) is 5.56 Å². The molecule has 0 aliphatic carbocycles. The largest absolute Gasteiger partial charge is 0.387 e. The van der Waals surface area contributed by atoms with Crippen LogP contribution < -0.4 is 11.1 Å². The molecule has 0 bridgehead atoms. The van der Waals surface area contributed by atoms with Crippen LogP contribution in [0.1, 0.15) is 37.0 Å². The summed E-state index contributed by atoms with van der Waals surface area (Å²) in [5.41, 5.74) is 7.61. The zero-order valence-electron chi connectivity index (χ0n) is 10.1. The lowest BCUT2D eigenvalue weighted by Crippen LogP contribution is -2.27. The van der Waals surface area contributed by atoms with Crippen molar-refractivity contribution in [3.63, 3.8) is 0 Å². The average molecular weight is 222 g/mol. The fraction of sp³-hybridized carbons (Fsp3) is 0.538. The second-order valence-electron chi connectivity index (χ2n) is 4.33. The van der Waals surface area contributed by atoms with Crippen LogP contribution in [0.5, 0.6) is 0 Å². The molecule has 90 valence electrons. The van der Waals surface area contributed by atoms with Crippen LogP contribution in [-0.2, 0) is 0 Å². The van der Waals surface area contributed by atoms with E-state index in [2.05, 4.69) is 31.3 Å². The van der Waals surface area contributed by atoms with E-state index < -0.39 is 6.10 Å². The van der Waals surface area contributed by atoms with Crippen molar-refractivity contribution < 1.29 is 5.11 Å². The summed E-state index contributed by atoms with van der Waals surface area (Å²) in [5, 5.41) is 13.0. The van der Waals surface area contributed by atoms with E-state index in [1.54, 1.807) is 0 Å². The molecule has 0 saturated carbocycles. The molecule has 1 rings (SSSR count). The van der Waals surface area contributed by atoms with E-state index in [1.807, 2.05) is 12.1 Å². The Bertz CT molecular complexity index is 295. The van der Waals surface area contributed by atoms with Gasteiger partial charge in [-0.1, -0.05) is 38.1 Å². The molecule has 0 fully saturated rings. The number of nitrogens with two attached hydrogens (primary N) is 1. The van der Waals surface area contributed by atoms with Gasteiger partial charge in [0, 0.05) is 19.6 Å². The predicted octanol–water partition coefficient (Wildman–Crippen LogP) is 1.39. The number of hydrogen-bond acceptors (Lipinski definition) is 3. The molecular formula is C13H22N2O. The van der Waals surface area contributed by atoms with Gasteiger partial charge in [0.25, 0.3) is 0 Å². The SMILES string of the molecule is CC(C)c1ccc(C(O)CNCCN)cc1. The Labute approximate surface area is 97.7 Å².